The van der Waals surface area contributed by atoms with E-state index >= 15 is 0 Å². The Morgan fingerprint density at radius 3 is 2.52 bits per heavy atom. The van der Waals surface area contributed by atoms with Crippen LogP contribution in [0.25, 0.3) is 0 Å². The number of methoxy groups -OCH3 is 1. The number of carbonyl (C=O) groups excluding carboxylic acids is 3. The van der Waals surface area contributed by atoms with Crippen molar-refractivity contribution in [1.82, 2.24) is 0 Å². The first-order valence-electron chi connectivity index (χ1n) is 14.2. The lowest BCUT2D eigenvalue weighted by Crippen LogP contribution is -2.62. The van der Waals surface area contributed by atoms with Gasteiger partial charge in [-0.2, -0.15) is 0 Å². The molecule has 42 heavy (non-hydrogen) atoms. The second-order valence-corrected chi connectivity index (χ2v) is 11.3. The summed E-state index contributed by atoms with van der Waals surface area (Å²) < 4.78 is 39.3. The maximum absolute atomic E-state index is 12.5. The van der Waals surface area contributed by atoms with Gasteiger partial charge in [0.05, 0.1) is 45.1 Å². The second-order valence-electron chi connectivity index (χ2n) is 11.3. The van der Waals surface area contributed by atoms with Crippen molar-refractivity contribution in [3.8, 4) is 0 Å². The minimum atomic E-state index is -2.24. The smallest absolute Gasteiger partial charge is 0.330 e. The summed E-state index contributed by atoms with van der Waals surface area (Å²) in [4.78, 5) is 37.0. The van der Waals surface area contributed by atoms with E-state index in [1.54, 1.807) is 26.0 Å². The Labute approximate surface area is 245 Å². The minimum Gasteiger partial charge on any atom is -0.466 e. The van der Waals surface area contributed by atoms with Crippen LogP contribution in [0.4, 0.5) is 0 Å². The molecule has 13 heteroatoms. The first-order chi connectivity index (χ1) is 19.9. The van der Waals surface area contributed by atoms with E-state index < -0.39 is 66.4 Å². The van der Waals surface area contributed by atoms with Crippen LogP contribution in [-0.4, -0.2) is 109 Å². The van der Waals surface area contributed by atoms with Crippen LogP contribution in [0.2, 0.25) is 0 Å². The lowest BCUT2D eigenvalue weighted by atomic mass is 9.74. The van der Waals surface area contributed by atoms with E-state index in [2.05, 4.69) is 0 Å². The maximum Gasteiger partial charge on any atom is 0.330 e. The van der Waals surface area contributed by atoms with Crippen LogP contribution < -0.4 is 0 Å². The SMILES string of the molecule is COC(=O)/C=C1\CC2C[C@H](CO)OC(=O)C[C@H](O)CCOCC[C@@H]3CCO[C@H](/C=C/C(C)(C)[C@](O)(O2)[C@H]1OC(C)=O)O3. The van der Waals surface area contributed by atoms with Crippen molar-refractivity contribution in [3.05, 3.63) is 23.8 Å². The van der Waals surface area contributed by atoms with E-state index in [1.165, 1.54) is 14.0 Å². The molecule has 4 bridgehead atoms. The van der Waals surface area contributed by atoms with E-state index in [0.717, 1.165) is 6.08 Å². The van der Waals surface area contributed by atoms with Gasteiger partial charge < -0.3 is 48.5 Å². The molecule has 3 N–H and O–H groups in total. The molecule has 7 atom stereocenters. The molecular formula is C29H44O13. The zero-order chi connectivity index (χ0) is 30.9. The fourth-order valence-electron chi connectivity index (χ4n) is 5.15. The number of hydrogen-bond acceptors (Lipinski definition) is 13. The van der Waals surface area contributed by atoms with Crippen molar-refractivity contribution >= 4 is 17.9 Å². The molecule has 0 amide bonds. The molecule has 0 aromatic rings. The van der Waals surface area contributed by atoms with E-state index in [9.17, 15) is 29.7 Å². The summed E-state index contributed by atoms with van der Waals surface area (Å²) in [5.41, 5.74) is -1.07. The molecule has 3 aliphatic heterocycles. The number of fused-ring (bicyclic) bond motifs is 4. The van der Waals surface area contributed by atoms with Gasteiger partial charge in [-0.05, 0) is 37.3 Å². The summed E-state index contributed by atoms with van der Waals surface area (Å²) in [5.74, 6) is -4.42. The highest BCUT2D eigenvalue weighted by Gasteiger charge is 2.57. The topological polar surface area (TPSA) is 177 Å². The Kier molecular flexibility index (Phi) is 12.5. The molecule has 0 saturated carbocycles. The normalized spacial score (nSPS) is 36.7. The van der Waals surface area contributed by atoms with Crippen LogP contribution in [0.3, 0.4) is 0 Å². The first-order valence-corrected chi connectivity index (χ1v) is 14.2. The zero-order valence-corrected chi connectivity index (χ0v) is 24.7. The van der Waals surface area contributed by atoms with Crippen molar-refractivity contribution in [2.45, 2.75) is 102 Å². The molecule has 0 aromatic carbocycles. The molecule has 238 valence electrons. The highest BCUT2D eigenvalue weighted by atomic mass is 16.7. The van der Waals surface area contributed by atoms with Crippen molar-refractivity contribution in [1.29, 1.82) is 0 Å². The summed E-state index contributed by atoms with van der Waals surface area (Å²) in [5, 5.41) is 32.4. The summed E-state index contributed by atoms with van der Waals surface area (Å²) in [7, 11) is 1.19. The predicted octanol–water partition coefficient (Wildman–Crippen LogP) is 1.06. The third kappa shape index (κ3) is 9.30. The summed E-state index contributed by atoms with van der Waals surface area (Å²) in [6.07, 6.45) is 0.205. The van der Waals surface area contributed by atoms with Gasteiger partial charge >= 0.3 is 17.9 Å². The van der Waals surface area contributed by atoms with Gasteiger partial charge in [-0.25, -0.2) is 4.79 Å². The van der Waals surface area contributed by atoms with E-state index in [-0.39, 0.29) is 44.0 Å². The lowest BCUT2D eigenvalue weighted by Gasteiger charge is -2.50. The van der Waals surface area contributed by atoms with E-state index in [1.807, 2.05) is 0 Å². The molecule has 1 unspecified atom stereocenters. The molecule has 0 radical (unpaired) electrons. The number of aliphatic hydroxyl groups excluding tert-OH is 2. The van der Waals surface area contributed by atoms with Gasteiger partial charge in [0.1, 0.15) is 6.10 Å². The molecule has 2 fully saturated rings. The third-order valence-electron chi connectivity index (χ3n) is 7.54. The molecular weight excluding hydrogens is 556 g/mol. The number of rotatable bonds is 3. The molecule has 3 rings (SSSR count). The number of ether oxygens (including phenoxy) is 7. The third-order valence-corrected chi connectivity index (χ3v) is 7.54. The van der Waals surface area contributed by atoms with Crippen molar-refractivity contribution in [2.24, 2.45) is 5.41 Å². The number of carbonyl (C=O) groups is 3. The number of aliphatic hydroxyl groups is 3. The Balaban J connectivity index is 2.01. The van der Waals surface area contributed by atoms with Crippen molar-refractivity contribution in [3.63, 3.8) is 0 Å². The monoisotopic (exact) mass is 600 g/mol. The van der Waals surface area contributed by atoms with Crippen LogP contribution in [0.1, 0.15) is 59.3 Å². The van der Waals surface area contributed by atoms with Crippen LogP contribution >= 0.6 is 0 Å². The summed E-state index contributed by atoms with van der Waals surface area (Å²) in [6.45, 7) is 4.98. The van der Waals surface area contributed by atoms with Crippen LogP contribution in [0.15, 0.2) is 23.8 Å². The average molecular weight is 601 g/mol. The number of hydrogen-bond donors (Lipinski definition) is 3. The van der Waals surface area contributed by atoms with Gasteiger partial charge in [-0.15, -0.1) is 0 Å². The molecule has 3 heterocycles. The Morgan fingerprint density at radius 1 is 1.12 bits per heavy atom. The molecule has 3 aliphatic rings. The lowest BCUT2D eigenvalue weighted by molar-refractivity contribution is -0.327. The van der Waals surface area contributed by atoms with Gasteiger partial charge in [0.15, 0.2) is 12.4 Å². The van der Waals surface area contributed by atoms with E-state index in [0.29, 0.717) is 26.1 Å². The quantitative estimate of drug-likeness (QED) is 0.182. The zero-order valence-electron chi connectivity index (χ0n) is 24.7. The van der Waals surface area contributed by atoms with Gasteiger partial charge in [-0.1, -0.05) is 19.9 Å². The minimum absolute atomic E-state index is 0.0142. The standard InChI is InChI=1S/C29H44O13/c1-18(31)39-27-19(14-24(33)36-4)13-22-16-23(17-30)40-25(34)15-20(32)6-10-37-11-7-21-8-12-38-26(41-21)5-9-28(2,3)29(27,35)42-22/h5,9,14,20-23,26-27,30,32,35H,6-8,10-13,15-17H2,1-4H3/b9-5+,19-14+/t20-,21-,22?,23-,26+,27+,29-/m1/s1. The van der Waals surface area contributed by atoms with Crippen molar-refractivity contribution in [2.75, 3.05) is 33.5 Å². The molecule has 0 aliphatic carbocycles. The molecule has 0 aromatic heterocycles. The Hall–Kier alpha value is -2.39. The number of cyclic esters (lactones) is 1. The molecule has 2 saturated heterocycles. The molecule has 0 spiro atoms. The summed E-state index contributed by atoms with van der Waals surface area (Å²) in [6, 6.07) is 0. The summed E-state index contributed by atoms with van der Waals surface area (Å²) >= 11 is 0. The largest absolute Gasteiger partial charge is 0.466 e. The van der Waals surface area contributed by atoms with Gasteiger partial charge in [0.2, 0.25) is 5.79 Å². The van der Waals surface area contributed by atoms with Gasteiger partial charge in [-0.3, -0.25) is 9.59 Å². The van der Waals surface area contributed by atoms with Gasteiger partial charge in [0, 0.05) is 38.0 Å². The fourth-order valence-corrected chi connectivity index (χ4v) is 5.15. The first kappa shape index (κ1) is 34.1. The molecule has 13 nitrogen and oxygen atoms in total. The van der Waals surface area contributed by atoms with Crippen LogP contribution in [0.5, 0.6) is 0 Å². The predicted molar refractivity (Wildman–Crippen MR) is 145 cm³/mol. The van der Waals surface area contributed by atoms with E-state index in [4.69, 9.17) is 33.2 Å². The Bertz CT molecular complexity index is 992. The van der Waals surface area contributed by atoms with Crippen LogP contribution in [-0.2, 0) is 47.5 Å². The average Bonchev–Trinajstić information content (AvgIpc) is 2.92. The Morgan fingerprint density at radius 2 is 1.83 bits per heavy atom. The fraction of sp³-hybridized carbons (Fsp3) is 0.759. The highest BCUT2D eigenvalue weighted by molar-refractivity contribution is 5.83. The number of esters is 3. The maximum atomic E-state index is 12.5. The highest BCUT2D eigenvalue weighted by Crippen LogP contribution is 2.46. The van der Waals surface area contributed by atoms with Gasteiger partial charge in [0.25, 0.3) is 0 Å². The van der Waals surface area contributed by atoms with Crippen LogP contribution in [0, 0.1) is 5.41 Å². The second kappa shape index (κ2) is 15.4. The van der Waals surface area contributed by atoms with Crippen molar-refractivity contribution < 1.29 is 62.9 Å².